The third-order valence-corrected chi connectivity index (χ3v) is 4.09. The summed E-state index contributed by atoms with van der Waals surface area (Å²) in [6, 6.07) is 7.78. The SMILES string of the molecule is CC.CCc1cnc(OC)c(NS(=O)c2cccc(C(=O)O)c2)c1. The quantitative estimate of drug-likeness (QED) is 0.832. The number of benzene rings is 1. The van der Waals surface area contributed by atoms with Gasteiger partial charge < -0.3 is 9.84 Å². The molecule has 1 aromatic carbocycles. The summed E-state index contributed by atoms with van der Waals surface area (Å²) in [5.74, 6) is -0.731. The van der Waals surface area contributed by atoms with Gasteiger partial charge in [-0.15, -0.1) is 0 Å². The zero-order valence-electron chi connectivity index (χ0n) is 14.2. The molecule has 2 aromatic rings. The fourth-order valence-corrected chi connectivity index (χ4v) is 2.73. The van der Waals surface area contributed by atoms with E-state index >= 15 is 0 Å². The van der Waals surface area contributed by atoms with Gasteiger partial charge in [0.1, 0.15) is 16.7 Å². The molecule has 0 bridgehead atoms. The van der Waals surface area contributed by atoms with Crippen molar-refractivity contribution in [3.63, 3.8) is 0 Å². The first kappa shape index (κ1) is 19.6. The van der Waals surface area contributed by atoms with Crippen molar-refractivity contribution in [1.29, 1.82) is 0 Å². The first-order chi connectivity index (χ1) is 11.5. The summed E-state index contributed by atoms with van der Waals surface area (Å²) in [6.07, 6.45) is 2.48. The highest BCUT2D eigenvalue weighted by atomic mass is 32.2. The van der Waals surface area contributed by atoms with Crippen molar-refractivity contribution in [3.05, 3.63) is 47.7 Å². The van der Waals surface area contributed by atoms with E-state index in [9.17, 15) is 9.00 Å². The van der Waals surface area contributed by atoms with Crippen LogP contribution in [-0.2, 0) is 17.4 Å². The Labute approximate surface area is 144 Å². The van der Waals surface area contributed by atoms with Crippen molar-refractivity contribution >= 4 is 22.6 Å². The molecule has 0 saturated heterocycles. The molecule has 0 fully saturated rings. The number of ether oxygens (including phenoxy) is 1. The van der Waals surface area contributed by atoms with E-state index in [1.165, 1.54) is 19.2 Å². The van der Waals surface area contributed by atoms with E-state index in [2.05, 4.69) is 9.71 Å². The molecule has 130 valence electrons. The number of rotatable bonds is 6. The molecule has 1 unspecified atom stereocenters. The minimum absolute atomic E-state index is 0.0834. The molecule has 1 atom stereocenters. The predicted octanol–water partition coefficient (Wildman–Crippen LogP) is 3.51. The van der Waals surface area contributed by atoms with Crippen LogP contribution in [0.4, 0.5) is 5.69 Å². The van der Waals surface area contributed by atoms with Gasteiger partial charge >= 0.3 is 5.97 Å². The average molecular weight is 350 g/mol. The summed E-state index contributed by atoms with van der Waals surface area (Å²) in [5, 5.41) is 8.98. The van der Waals surface area contributed by atoms with Gasteiger partial charge in [0.25, 0.3) is 0 Å². The third-order valence-electron chi connectivity index (χ3n) is 3.01. The zero-order chi connectivity index (χ0) is 18.1. The summed E-state index contributed by atoms with van der Waals surface area (Å²) < 4.78 is 20.3. The van der Waals surface area contributed by atoms with Crippen LogP contribution >= 0.6 is 0 Å². The van der Waals surface area contributed by atoms with E-state index in [0.29, 0.717) is 16.5 Å². The molecule has 0 aliphatic heterocycles. The van der Waals surface area contributed by atoms with Gasteiger partial charge in [-0.1, -0.05) is 26.8 Å². The summed E-state index contributed by atoms with van der Waals surface area (Å²) in [5.41, 5.74) is 1.56. The van der Waals surface area contributed by atoms with Crippen LogP contribution in [0.25, 0.3) is 0 Å². The van der Waals surface area contributed by atoms with Gasteiger partial charge in [-0.2, -0.15) is 0 Å². The summed E-state index contributed by atoms with van der Waals surface area (Å²) in [7, 11) is -0.137. The largest absolute Gasteiger partial charge is 0.480 e. The molecule has 0 amide bonds. The number of carboxylic acids is 1. The van der Waals surface area contributed by atoms with Crippen LogP contribution in [-0.4, -0.2) is 27.4 Å². The topological polar surface area (TPSA) is 88.5 Å². The highest BCUT2D eigenvalue weighted by Gasteiger charge is 2.12. The number of nitrogens with zero attached hydrogens (tertiary/aromatic N) is 1. The van der Waals surface area contributed by atoms with Gasteiger partial charge in [0.15, 0.2) is 0 Å². The average Bonchev–Trinajstić information content (AvgIpc) is 2.63. The second-order valence-electron chi connectivity index (χ2n) is 4.46. The highest BCUT2D eigenvalue weighted by Crippen LogP contribution is 2.24. The molecule has 0 saturated carbocycles. The van der Waals surface area contributed by atoms with E-state index < -0.39 is 17.0 Å². The Kier molecular flexibility index (Phi) is 7.91. The smallest absolute Gasteiger partial charge is 0.335 e. The minimum atomic E-state index is -1.62. The maximum Gasteiger partial charge on any atom is 0.335 e. The third kappa shape index (κ3) is 5.06. The van der Waals surface area contributed by atoms with Crippen molar-refractivity contribution in [2.75, 3.05) is 11.8 Å². The van der Waals surface area contributed by atoms with Crippen LogP contribution in [0, 0.1) is 0 Å². The molecule has 2 N–H and O–H groups in total. The van der Waals surface area contributed by atoms with E-state index in [1.54, 1.807) is 18.3 Å². The first-order valence-electron chi connectivity index (χ1n) is 7.59. The Morgan fingerprint density at radius 3 is 2.62 bits per heavy atom. The van der Waals surface area contributed by atoms with Crippen LogP contribution in [0.1, 0.15) is 36.7 Å². The van der Waals surface area contributed by atoms with Crippen molar-refractivity contribution in [2.45, 2.75) is 32.1 Å². The second-order valence-corrected chi connectivity index (χ2v) is 5.67. The van der Waals surface area contributed by atoms with Crippen LogP contribution in [0.15, 0.2) is 41.4 Å². The van der Waals surface area contributed by atoms with Gasteiger partial charge in [0.2, 0.25) is 5.88 Å². The zero-order valence-corrected chi connectivity index (χ0v) is 15.0. The molecule has 6 nitrogen and oxygen atoms in total. The summed E-state index contributed by atoms with van der Waals surface area (Å²) in [4.78, 5) is 15.5. The monoisotopic (exact) mass is 350 g/mol. The van der Waals surface area contributed by atoms with Crippen LogP contribution in [0.2, 0.25) is 0 Å². The van der Waals surface area contributed by atoms with Crippen LogP contribution < -0.4 is 9.46 Å². The van der Waals surface area contributed by atoms with E-state index in [-0.39, 0.29) is 5.56 Å². The van der Waals surface area contributed by atoms with Crippen LogP contribution in [0.3, 0.4) is 0 Å². The van der Waals surface area contributed by atoms with Gasteiger partial charge in [-0.05, 0) is 36.2 Å². The molecule has 1 heterocycles. The Balaban J connectivity index is 0.00000139. The summed E-state index contributed by atoms with van der Waals surface area (Å²) >= 11 is 0. The molecule has 0 radical (unpaired) electrons. The lowest BCUT2D eigenvalue weighted by Crippen LogP contribution is -2.08. The number of anilines is 1. The fourth-order valence-electron chi connectivity index (χ4n) is 1.83. The molecule has 1 aromatic heterocycles. The molecule has 0 spiro atoms. The second kappa shape index (κ2) is 9.67. The molecule has 0 aliphatic rings. The molecule has 2 rings (SSSR count). The molecular weight excluding hydrogens is 328 g/mol. The predicted molar refractivity (Wildman–Crippen MR) is 94.9 cm³/mol. The molecule has 7 heteroatoms. The van der Waals surface area contributed by atoms with Crippen molar-refractivity contribution in [1.82, 2.24) is 4.98 Å². The lowest BCUT2D eigenvalue weighted by Gasteiger charge is -2.11. The number of aryl methyl sites for hydroxylation is 1. The van der Waals surface area contributed by atoms with Gasteiger partial charge in [0.05, 0.1) is 17.6 Å². The Morgan fingerprint density at radius 1 is 1.33 bits per heavy atom. The van der Waals surface area contributed by atoms with Crippen molar-refractivity contribution < 1.29 is 18.8 Å². The maximum atomic E-state index is 12.4. The fraction of sp³-hybridized carbons (Fsp3) is 0.294. The van der Waals surface area contributed by atoms with Gasteiger partial charge in [-0.3, -0.25) is 4.72 Å². The van der Waals surface area contributed by atoms with E-state index in [0.717, 1.165) is 12.0 Å². The number of hydrogen-bond acceptors (Lipinski definition) is 4. The standard InChI is InChI=1S/C15H16N2O4S.C2H6/c1-3-10-7-13(14(21-2)16-9-10)17-22(20)12-6-4-5-11(8-12)15(18)19;1-2/h4-9,17H,3H2,1-2H3,(H,18,19);1-2H3. The van der Waals surface area contributed by atoms with E-state index in [1.807, 2.05) is 26.8 Å². The van der Waals surface area contributed by atoms with Crippen molar-refractivity contribution in [2.24, 2.45) is 0 Å². The lowest BCUT2D eigenvalue weighted by atomic mass is 10.2. The number of aromatic nitrogens is 1. The first-order valence-corrected chi connectivity index (χ1v) is 8.74. The normalized spacial score (nSPS) is 11.0. The molecule has 24 heavy (non-hydrogen) atoms. The van der Waals surface area contributed by atoms with Crippen LogP contribution in [0.5, 0.6) is 5.88 Å². The van der Waals surface area contributed by atoms with Gasteiger partial charge in [-0.25, -0.2) is 14.0 Å². The Hall–Kier alpha value is -2.41. The number of carboxylic acid groups (broad SMARTS) is 1. The molecular formula is C17H22N2O4S. The maximum absolute atomic E-state index is 12.4. The summed E-state index contributed by atoms with van der Waals surface area (Å²) in [6.45, 7) is 5.99. The number of methoxy groups -OCH3 is 1. The lowest BCUT2D eigenvalue weighted by molar-refractivity contribution is 0.0696. The number of nitrogens with one attached hydrogen (secondary N) is 1. The number of carbonyl (C=O) groups is 1. The van der Waals surface area contributed by atoms with E-state index in [4.69, 9.17) is 9.84 Å². The molecule has 0 aliphatic carbocycles. The van der Waals surface area contributed by atoms with Crippen molar-refractivity contribution in [3.8, 4) is 5.88 Å². The number of hydrogen-bond donors (Lipinski definition) is 2. The minimum Gasteiger partial charge on any atom is -0.480 e. The Bertz CT molecular complexity index is 719. The number of pyridine rings is 1. The Morgan fingerprint density at radius 2 is 2.04 bits per heavy atom. The number of aromatic carboxylic acids is 1. The highest BCUT2D eigenvalue weighted by molar-refractivity contribution is 7.86. The van der Waals surface area contributed by atoms with Gasteiger partial charge in [0, 0.05) is 6.20 Å².